The lowest BCUT2D eigenvalue weighted by Crippen LogP contribution is -2.28. The van der Waals surface area contributed by atoms with Crippen LogP contribution in [0.5, 0.6) is 5.75 Å². The number of carboxylic acid groups (broad SMARTS) is 1. The lowest BCUT2D eigenvalue weighted by molar-refractivity contribution is -0.142. The monoisotopic (exact) mass is 284 g/mol. The molecule has 21 heavy (non-hydrogen) atoms. The molecule has 0 radical (unpaired) electrons. The average molecular weight is 284 g/mol. The number of rotatable bonds is 4. The van der Waals surface area contributed by atoms with Crippen LogP contribution in [0.4, 0.5) is 0 Å². The van der Waals surface area contributed by atoms with Gasteiger partial charge in [-0.25, -0.2) is 0 Å². The molecule has 3 heteroatoms. The summed E-state index contributed by atoms with van der Waals surface area (Å²) in [7, 11) is 1.65. The fraction of sp³-hybridized carbons (Fsp3) is 0.278. The van der Waals surface area contributed by atoms with Gasteiger partial charge >= 0.3 is 5.97 Å². The van der Waals surface area contributed by atoms with Gasteiger partial charge in [-0.15, -0.1) is 0 Å². The van der Waals surface area contributed by atoms with Gasteiger partial charge in [0.05, 0.1) is 12.5 Å². The van der Waals surface area contributed by atoms with Crippen molar-refractivity contribution in [1.82, 2.24) is 0 Å². The molecule has 0 amide bonds. The van der Waals surface area contributed by atoms with Crippen molar-refractivity contribution in [2.24, 2.45) is 0 Å². The van der Waals surface area contributed by atoms with Gasteiger partial charge in [0.25, 0.3) is 0 Å². The Labute approximate surface area is 125 Å². The van der Waals surface area contributed by atoms with Crippen LogP contribution < -0.4 is 4.74 Å². The number of benzene rings is 2. The normalized spacial score (nSPS) is 11.2. The molecule has 110 valence electrons. The summed E-state index contributed by atoms with van der Waals surface area (Å²) in [6.45, 7) is 5.44. The van der Waals surface area contributed by atoms with Crippen LogP contribution >= 0.6 is 0 Å². The molecular weight excluding hydrogens is 264 g/mol. The molecule has 0 aliphatic rings. The van der Waals surface area contributed by atoms with Crippen molar-refractivity contribution >= 4 is 5.97 Å². The van der Waals surface area contributed by atoms with E-state index < -0.39 is 11.4 Å². The number of ether oxygens (including phenoxy) is 1. The minimum absolute atomic E-state index is 0.783. The molecule has 0 saturated heterocycles. The first-order valence-electron chi connectivity index (χ1n) is 6.85. The first-order chi connectivity index (χ1) is 9.86. The van der Waals surface area contributed by atoms with E-state index in [9.17, 15) is 9.90 Å². The smallest absolute Gasteiger partial charge is 0.313 e. The van der Waals surface area contributed by atoms with E-state index in [0.29, 0.717) is 0 Å². The minimum Gasteiger partial charge on any atom is -0.496 e. The fourth-order valence-electron chi connectivity index (χ4n) is 2.24. The maximum atomic E-state index is 11.3. The third-order valence-electron chi connectivity index (χ3n) is 3.81. The molecule has 0 aliphatic heterocycles. The highest BCUT2D eigenvalue weighted by molar-refractivity contribution is 5.81. The molecule has 2 aromatic rings. The average Bonchev–Trinajstić information content (AvgIpc) is 2.47. The Morgan fingerprint density at radius 3 is 2.24 bits per heavy atom. The van der Waals surface area contributed by atoms with Gasteiger partial charge in [-0.3, -0.25) is 4.79 Å². The van der Waals surface area contributed by atoms with Gasteiger partial charge in [-0.2, -0.15) is 0 Å². The van der Waals surface area contributed by atoms with E-state index in [0.717, 1.165) is 28.0 Å². The highest BCUT2D eigenvalue weighted by Gasteiger charge is 2.29. The van der Waals surface area contributed by atoms with Crippen molar-refractivity contribution in [3.8, 4) is 16.9 Å². The number of hydrogen-bond donors (Lipinski definition) is 1. The molecular formula is C18H20O3. The third-order valence-corrected chi connectivity index (χ3v) is 3.81. The SMILES string of the molecule is COc1ccc(C)cc1-c1ccc(C(C)(C)C(=O)O)cc1. The summed E-state index contributed by atoms with van der Waals surface area (Å²) in [5.74, 6) is -0.0192. The van der Waals surface area contributed by atoms with E-state index in [1.807, 2.05) is 43.3 Å². The highest BCUT2D eigenvalue weighted by atomic mass is 16.5. The molecule has 0 fully saturated rings. The second kappa shape index (κ2) is 5.60. The lowest BCUT2D eigenvalue weighted by atomic mass is 9.84. The number of carbonyl (C=O) groups is 1. The molecule has 0 heterocycles. The van der Waals surface area contributed by atoms with Crippen LogP contribution in [0.15, 0.2) is 42.5 Å². The number of methoxy groups -OCH3 is 1. The van der Waals surface area contributed by atoms with Crippen LogP contribution in [0.3, 0.4) is 0 Å². The molecule has 3 nitrogen and oxygen atoms in total. The molecule has 0 aromatic heterocycles. The second-order valence-corrected chi connectivity index (χ2v) is 5.71. The summed E-state index contributed by atoms with van der Waals surface area (Å²) >= 11 is 0. The summed E-state index contributed by atoms with van der Waals surface area (Å²) in [6.07, 6.45) is 0. The van der Waals surface area contributed by atoms with Crippen molar-refractivity contribution in [3.63, 3.8) is 0 Å². The Morgan fingerprint density at radius 1 is 1.10 bits per heavy atom. The fourth-order valence-corrected chi connectivity index (χ4v) is 2.24. The van der Waals surface area contributed by atoms with Gasteiger partial charge in [-0.1, -0.05) is 35.9 Å². The quantitative estimate of drug-likeness (QED) is 0.922. The van der Waals surface area contributed by atoms with Crippen molar-refractivity contribution in [2.75, 3.05) is 7.11 Å². The highest BCUT2D eigenvalue weighted by Crippen LogP contribution is 2.32. The van der Waals surface area contributed by atoms with Gasteiger partial charge in [0.1, 0.15) is 5.75 Å². The van der Waals surface area contributed by atoms with E-state index in [1.165, 1.54) is 0 Å². The van der Waals surface area contributed by atoms with Gasteiger partial charge in [0, 0.05) is 5.56 Å². The van der Waals surface area contributed by atoms with Crippen molar-refractivity contribution in [3.05, 3.63) is 53.6 Å². The standard InChI is InChI=1S/C18H20O3/c1-12-5-10-16(21-4)15(11-12)13-6-8-14(9-7-13)18(2,3)17(19)20/h5-11H,1-4H3,(H,19,20). The summed E-state index contributed by atoms with van der Waals surface area (Å²) in [6, 6.07) is 13.6. The van der Waals surface area contributed by atoms with Gasteiger partial charge in [0.15, 0.2) is 0 Å². The van der Waals surface area contributed by atoms with E-state index in [2.05, 4.69) is 6.07 Å². The zero-order chi connectivity index (χ0) is 15.6. The lowest BCUT2D eigenvalue weighted by Gasteiger charge is -2.20. The largest absolute Gasteiger partial charge is 0.496 e. The predicted octanol–water partition coefficient (Wildman–Crippen LogP) is 4.03. The minimum atomic E-state index is -0.894. The van der Waals surface area contributed by atoms with E-state index >= 15 is 0 Å². The molecule has 0 spiro atoms. The molecule has 2 aromatic carbocycles. The topological polar surface area (TPSA) is 46.5 Å². The maximum Gasteiger partial charge on any atom is 0.313 e. The summed E-state index contributed by atoms with van der Waals surface area (Å²) in [5.41, 5.74) is 3.07. The Hall–Kier alpha value is -2.29. The maximum absolute atomic E-state index is 11.3. The Bertz CT molecular complexity index is 655. The van der Waals surface area contributed by atoms with Gasteiger partial charge < -0.3 is 9.84 Å². The number of carboxylic acids is 1. The van der Waals surface area contributed by atoms with Crippen LogP contribution in [0.25, 0.3) is 11.1 Å². The van der Waals surface area contributed by atoms with Crippen molar-refractivity contribution < 1.29 is 14.6 Å². The van der Waals surface area contributed by atoms with Crippen LogP contribution in [0.1, 0.15) is 25.0 Å². The molecule has 0 atom stereocenters. The van der Waals surface area contributed by atoms with Crippen LogP contribution in [-0.4, -0.2) is 18.2 Å². The van der Waals surface area contributed by atoms with Crippen molar-refractivity contribution in [1.29, 1.82) is 0 Å². The molecule has 0 unspecified atom stereocenters. The number of aryl methyl sites for hydroxylation is 1. The zero-order valence-electron chi connectivity index (χ0n) is 12.8. The summed E-state index contributed by atoms with van der Waals surface area (Å²) in [4.78, 5) is 11.3. The first-order valence-corrected chi connectivity index (χ1v) is 6.85. The Morgan fingerprint density at radius 2 is 1.71 bits per heavy atom. The third kappa shape index (κ3) is 2.92. The number of aliphatic carboxylic acids is 1. The van der Waals surface area contributed by atoms with E-state index in [-0.39, 0.29) is 0 Å². The first kappa shape index (κ1) is 15.1. The van der Waals surface area contributed by atoms with Crippen LogP contribution in [0, 0.1) is 6.92 Å². The number of hydrogen-bond acceptors (Lipinski definition) is 2. The van der Waals surface area contributed by atoms with E-state index in [4.69, 9.17) is 4.74 Å². The van der Waals surface area contributed by atoms with Crippen LogP contribution in [-0.2, 0) is 10.2 Å². The van der Waals surface area contributed by atoms with Gasteiger partial charge in [-0.05, 0) is 44.0 Å². The molecule has 2 rings (SSSR count). The molecule has 0 aliphatic carbocycles. The predicted molar refractivity (Wildman–Crippen MR) is 83.8 cm³/mol. The molecule has 0 saturated carbocycles. The summed E-state index contributed by atoms with van der Waals surface area (Å²) in [5, 5.41) is 9.28. The summed E-state index contributed by atoms with van der Waals surface area (Å²) < 4.78 is 5.40. The Kier molecular flexibility index (Phi) is 4.03. The molecule has 0 bridgehead atoms. The Balaban J connectivity index is 2.45. The second-order valence-electron chi connectivity index (χ2n) is 5.71. The molecule has 1 N–H and O–H groups in total. The zero-order valence-corrected chi connectivity index (χ0v) is 12.8. The van der Waals surface area contributed by atoms with Crippen molar-refractivity contribution in [2.45, 2.75) is 26.2 Å². The van der Waals surface area contributed by atoms with Crippen LogP contribution in [0.2, 0.25) is 0 Å². The van der Waals surface area contributed by atoms with Gasteiger partial charge in [0.2, 0.25) is 0 Å². The van der Waals surface area contributed by atoms with E-state index in [1.54, 1.807) is 21.0 Å².